The number of rotatable bonds is 7. The van der Waals surface area contributed by atoms with Gasteiger partial charge in [0.15, 0.2) is 0 Å². The second-order valence-electron chi connectivity index (χ2n) is 13.8. The number of hydrogen-bond acceptors (Lipinski definition) is 2. The second kappa shape index (κ2) is 14.1. The summed E-state index contributed by atoms with van der Waals surface area (Å²) >= 11 is 0. The monoisotopic (exact) mass is 642 g/mol. The molecule has 0 aliphatic heterocycles. The number of furan rings is 1. The van der Waals surface area contributed by atoms with Crippen LogP contribution < -0.4 is 0 Å². The van der Waals surface area contributed by atoms with E-state index in [0.29, 0.717) is 5.92 Å². The Morgan fingerprint density at radius 1 is 0.653 bits per heavy atom. The molecule has 0 aliphatic carbocycles. The quantitative estimate of drug-likeness (QED) is 0.127. The molecule has 6 aromatic carbocycles. The number of methoxy groups -OCH3 is 1. The van der Waals surface area contributed by atoms with Gasteiger partial charge in [-0.25, -0.2) is 0 Å². The summed E-state index contributed by atoms with van der Waals surface area (Å²) in [6.07, 6.45) is 4.48. The average Bonchev–Trinajstić information content (AvgIpc) is 3.49. The Kier molecular flexibility index (Phi) is 9.72. The van der Waals surface area contributed by atoms with Gasteiger partial charge in [-0.2, -0.15) is 0 Å². The molecular weight excluding hydrogens is 597 g/mol. The van der Waals surface area contributed by atoms with Crippen molar-refractivity contribution in [2.75, 3.05) is 7.11 Å². The van der Waals surface area contributed by atoms with E-state index in [4.69, 9.17) is 9.15 Å². The molecule has 1 aromatic heterocycles. The summed E-state index contributed by atoms with van der Waals surface area (Å²) in [5, 5.41) is 7.26. The molecule has 49 heavy (non-hydrogen) atoms. The summed E-state index contributed by atoms with van der Waals surface area (Å²) in [6.45, 7) is 17.3. The largest absolute Gasteiger partial charge is 0.456 e. The minimum absolute atomic E-state index is 0.0417. The number of ether oxygens (including phenoxy) is 1. The molecular formula is C47H46O2. The number of hydrogen-bond donors (Lipinski definition) is 0. The zero-order valence-electron chi connectivity index (χ0n) is 29.8. The predicted octanol–water partition coefficient (Wildman–Crippen LogP) is 13.5. The molecule has 0 spiro atoms. The lowest BCUT2D eigenvalue weighted by Crippen LogP contribution is -2.29. The molecule has 0 amide bonds. The van der Waals surface area contributed by atoms with Crippen LogP contribution in [0.25, 0.3) is 60.2 Å². The summed E-state index contributed by atoms with van der Waals surface area (Å²) in [5.74, 6) is 0.590. The van der Waals surface area contributed by atoms with Crippen molar-refractivity contribution in [1.29, 1.82) is 0 Å². The van der Waals surface area contributed by atoms with E-state index < -0.39 is 0 Å². The smallest absolute Gasteiger partial charge is 0.135 e. The highest BCUT2D eigenvalue weighted by Crippen LogP contribution is 2.34. The molecule has 0 aliphatic rings. The summed E-state index contributed by atoms with van der Waals surface area (Å²) in [5.41, 5.74) is 9.83. The minimum atomic E-state index is 0.0417. The van der Waals surface area contributed by atoms with Gasteiger partial charge >= 0.3 is 0 Å². The maximum absolute atomic E-state index is 6.12. The van der Waals surface area contributed by atoms with E-state index in [1.54, 1.807) is 7.11 Å². The van der Waals surface area contributed by atoms with Gasteiger partial charge in [0.2, 0.25) is 0 Å². The normalized spacial score (nSPS) is 12.6. The zero-order chi connectivity index (χ0) is 34.7. The molecule has 0 N–H and O–H groups in total. The Morgan fingerprint density at radius 3 is 1.98 bits per heavy atom. The Labute approximate surface area is 291 Å². The van der Waals surface area contributed by atoms with Crippen molar-refractivity contribution in [3.8, 4) is 0 Å². The lowest BCUT2D eigenvalue weighted by Gasteiger charge is -2.26. The van der Waals surface area contributed by atoms with Crippen molar-refractivity contribution in [2.24, 2.45) is 5.92 Å². The van der Waals surface area contributed by atoms with Crippen molar-refractivity contribution >= 4 is 60.2 Å². The first-order chi connectivity index (χ1) is 23.5. The van der Waals surface area contributed by atoms with Crippen LogP contribution in [0.4, 0.5) is 0 Å². The first kappa shape index (κ1) is 33.7. The molecule has 0 unspecified atom stereocenters. The molecule has 0 radical (unpaired) electrons. The van der Waals surface area contributed by atoms with Gasteiger partial charge in [0, 0.05) is 17.9 Å². The topological polar surface area (TPSA) is 22.4 Å². The third kappa shape index (κ3) is 7.31. The first-order valence-corrected chi connectivity index (χ1v) is 17.1. The van der Waals surface area contributed by atoms with E-state index in [2.05, 4.69) is 169 Å². The molecule has 0 fully saturated rings. The summed E-state index contributed by atoms with van der Waals surface area (Å²) < 4.78 is 11.3. The van der Waals surface area contributed by atoms with E-state index in [9.17, 15) is 0 Å². The highest BCUT2D eigenvalue weighted by molar-refractivity contribution is 6.09. The van der Waals surface area contributed by atoms with Crippen molar-refractivity contribution < 1.29 is 9.15 Å². The highest BCUT2D eigenvalue weighted by Gasteiger charge is 2.20. The van der Waals surface area contributed by atoms with Gasteiger partial charge in [0.1, 0.15) is 11.2 Å². The molecule has 246 valence electrons. The Hall–Kier alpha value is -5.18. The molecule has 0 saturated heterocycles. The van der Waals surface area contributed by atoms with Crippen LogP contribution in [0, 0.1) is 12.8 Å². The lowest BCUT2D eigenvalue weighted by atomic mass is 9.94. The molecule has 2 nitrogen and oxygen atoms in total. The molecule has 0 bridgehead atoms. The van der Waals surface area contributed by atoms with Crippen molar-refractivity contribution in [3.05, 3.63) is 162 Å². The number of aryl methyl sites for hydroxylation is 1. The fourth-order valence-electron chi connectivity index (χ4n) is 5.97. The Bertz CT molecular complexity index is 2340. The second-order valence-corrected chi connectivity index (χ2v) is 13.8. The number of benzene rings is 6. The standard InChI is InChI=1S/C40H30O.C7H16O/c1-26-12-14-29(15-13-26)27(2)22-34(32-19-21-40-38(25-32)37-10-6-7-11-39(37)41-40)23-28(3)31-18-20-36-33(24-31)17-16-30-8-4-5-9-35(30)36;1-6(2)7(3,4)8-5/h4-25H,3H2,1-2H3;6H,1-5H3/b27-22+,34-23+;. The Morgan fingerprint density at radius 2 is 1.27 bits per heavy atom. The molecule has 2 heteroatoms. The van der Waals surface area contributed by atoms with Crippen LogP contribution in [0.2, 0.25) is 0 Å². The van der Waals surface area contributed by atoms with Crippen molar-refractivity contribution in [2.45, 2.75) is 47.1 Å². The van der Waals surface area contributed by atoms with Gasteiger partial charge in [0.25, 0.3) is 0 Å². The molecule has 0 saturated carbocycles. The molecule has 0 atom stereocenters. The van der Waals surface area contributed by atoms with E-state index in [0.717, 1.165) is 44.2 Å². The SMILES string of the molecule is C=C(/C=C(\C=C(/C)c1ccc(C)cc1)c1ccc2oc3ccccc3c2c1)c1ccc2c(ccc3ccccc32)c1.COC(C)(C)C(C)C. The maximum atomic E-state index is 6.12. The van der Waals surface area contributed by atoms with E-state index in [1.165, 1.54) is 38.2 Å². The van der Waals surface area contributed by atoms with Crippen LogP contribution in [0.5, 0.6) is 0 Å². The van der Waals surface area contributed by atoms with Crippen LogP contribution in [0.3, 0.4) is 0 Å². The Balaban J connectivity index is 0.000000466. The average molecular weight is 643 g/mol. The fraction of sp³-hybridized carbons (Fsp3) is 0.191. The minimum Gasteiger partial charge on any atom is -0.456 e. The molecule has 1 heterocycles. The maximum Gasteiger partial charge on any atom is 0.135 e. The van der Waals surface area contributed by atoms with Gasteiger partial charge in [-0.05, 0) is 119 Å². The van der Waals surface area contributed by atoms with Crippen LogP contribution >= 0.6 is 0 Å². The predicted molar refractivity (Wildman–Crippen MR) is 213 cm³/mol. The highest BCUT2D eigenvalue weighted by atomic mass is 16.5. The summed E-state index contributed by atoms with van der Waals surface area (Å²) in [6, 6.07) is 43.0. The van der Waals surface area contributed by atoms with Crippen LogP contribution in [-0.2, 0) is 4.74 Å². The molecule has 7 rings (SSSR count). The van der Waals surface area contributed by atoms with Gasteiger partial charge in [-0.3, -0.25) is 0 Å². The number of para-hydroxylation sites is 1. The van der Waals surface area contributed by atoms with E-state index in [-0.39, 0.29) is 5.60 Å². The van der Waals surface area contributed by atoms with Crippen molar-refractivity contribution in [3.63, 3.8) is 0 Å². The summed E-state index contributed by atoms with van der Waals surface area (Å²) in [7, 11) is 1.75. The third-order valence-electron chi connectivity index (χ3n) is 9.95. The van der Waals surface area contributed by atoms with Gasteiger partial charge in [-0.1, -0.05) is 129 Å². The van der Waals surface area contributed by atoms with Crippen LogP contribution in [0.1, 0.15) is 56.9 Å². The van der Waals surface area contributed by atoms with Gasteiger partial charge < -0.3 is 9.15 Å². The number of fused-ring (bicyclic) bond motifs is 6. The van der Waals surface area contributed by atoms with Gasteiger partial charge in [-0.15, -0.1) is 0 Å². The third-order valence-corrected chi connectivity index (χ3v) is 9.95. The van der Waals surface area contributed by atoms with E-state index >= 15 is 0 Å². The molecule has 7 aromatic rings. The first-order valence-electron chi connectivity index (χ1n) is 17.1. The lowest BCUT2D eigenvalue weighted by molar-refractivity contribution is -0.0157. The van der Waals surface area contributed by atoms with Gasteiger partial charge in [0.05, 0.1) is 5.60 Å². The van der Waals surface area contributed by atoms with Crippen LogP contribution in [-0.4, -0.2) is 12.7 Å². The fourth-order valence-corrected chi connectivity index (χ4v) is 5.97. The van der Waals surface area contributed by atoms with Crippen molar-refractivity contribution in [1.82, 2.24) is 0 Å². The zero-order valence-corrected chi connectivity index (χ0v) is 29.8. The summed E-state index contributed by atoms with van der Waals surface area (Å²) in [4.78, 5) is 0. The van der Waals surface area contributed by atoms with E-state index in [1.807, 2.05) is 12.1 Å². The number of allylic oxidation sites excluding steroid dienone is 5. The van der Waals surface area contributed by atoms with Crippen LogP contribution in [0.15, 0.2) is 144 Å².